The second-order valence-electron chi connectivity index (χ2n) is 7.26. The van der Waals surface area contributed by atoms with Crippen LogP contribution in [0.2, 0.25) is 15.1 Å². The van der Waals surface area contributed by atoms with Crippen molar-refractivity contribution in [3.63, 3.8) is 0 Å². The third kappa shape index (κ3) is 5.21. The van der Waals surface area contributed by atoms with Crippen molar-refractivity contribution in [3.05, 3.63) is 105 Å². The van der Waals surface area contributed by atoms with E-state index in [1.165, 1.54) is 0 Å². The summed E-state index contributed by atoms with van der Waals surface area (Å²) in [6.07, 6.45) is 4.56. The summed E-state index contributed by atoms with van der Waals surface area (Å²) in [6.45, 7) is 0.487. The molecule has 0 fully saturated rings. The molecule has 1 amide bonds. The predicted molar refractivity (Wildman–Crippen MR) is 126 cm³/mol. The SMILES string of the molecule is O=C(CC(c1ccccc1)c1cnc2ccc(Cl)cn12)NCCc1ccc(Cl)cc1Cl. The number of pyridine rings is 1. The van der Waals surface area contributed by atoms with E-state index in [4.69, 9.17) is 34.8 Å². The Bertz CT molecular complexity index is 1210. The first-order valence-electron chi connectivity index (χ1n) is 9.89. The van der Waals surface area contributed by atoms with Gasteiger partial charge < -0.3 is 9.72 Å². The number of aromatic nitrogens is 2. The van der Waals surface area contributed by atoms with Crippen LogP contribution < -0.4 is 5.32 Å². The van der Waals surface area contributed by atoms with Crippen LogP contribution in [0.1, 0.15) is 29.2 Å². The molecule has 2 aromatic carbocycles. The molecule has 2 heterocycles. The molecule has 0 aliphatic carbocycles. The van der Waals surface area contributed by atoms with Crippen molar-refractivity contribution in [2.24, 2.45) is 0 Å². The molecule has 158 valence electrons. The summed E-state index contributed by atoms with van der Waals surface area (Å²) in [6, 6.07) is 19.0. The fourth-order valence-corrected chi connectivity index (χ4v) is 4.29. The van der Waals surface area contributed by atoms with E-state index in [1.54, 1.807) is 18.2 Å². The van der Waals surface area contributed by atoms with Gasteiger partial charge in [0.2, 0.25) is 5.91 Å². The molecule has 1 atom stereocenters. The number of benzene rings is 2. The van der Waals surface area contributed by atoms with Crippen molar-refractivity contribution < 1.29 is 4.79 Å². The van der Waals surface area contributed by atoms with Crippen LogP contribution in [0.25, 0.3) is 5.65 Å². The Morgan fingerprint density at radius 2 is 1.77 bits per heavy atom. The van der Waals surface area contributed by atoms with Crippen LogP contribution in [0.5, 0.6) is 0 Å². The molecule has 1 N–H and O–H groups in total. The minimum atomic E-state index is -0.159. The molecule has 4 aromatic rings. The molecule has 4 rings (SSSR count). The average Bonchev–Trinajstić information content (AvgIpc) is 3.17. The van der Waals surface area contributed by atoms with Gasteiger partial charge in [-0.1, -0.05) is 71.2 Å². The summed E-state index contributed by atoms with van der Waals surface area (Å²) in [5, 5.41) is 4.82. The summed E-state index contributed by atoms with van der Waals surface area (Å²) in [5.74, 6) is -0.204. The number of fused-ring (bicyclic) bond motifs is 1. The van der Waals surface area contributed by atoms with Gasteiger partial charge in [-0.3, -0.25) is 4.79 Å². The Kier molecular flexibility index (Phi) is 6.81. The van der Waals surface area contributed by atoms with Gasteiger partial charge >= 0.3 is 0 Å². The monoisotopic (exact) mass is 471 g/mol. The number of amides is 1. The van der Waals surface area contributed by atoms with Crippen LogP contribution in [-0.2, 0) is 11.2 Å². The summed E-state index contributed by atoms with van der Waals surface area (Å²) >= 11 is 18.4. The number of nitrogens with zero attached hydrogens (tertiary/aromatic N) is 2. The first-order chi connectivity index (χ1) is 15.0. The van der Waals surface area contributed by atoms with E-state index in [2.05, 4.69) is 10.3 Å². The minimum Gasteiger partial charge on any atom is -0.356 e. The number of nitrogens with one attached hydrogen (secondary N) is 1. The van der Waals surface area contributed by atoms with Gasteiger partial charge in [0.25, 0.3) is 0 Å². The van der Waals surface area contributed by atoms with Gasteiger partial charge in [0.15, 0.2) is 0 Å². The zero-order valence-corrected chi connectivity index (χ0v) is 18.8. The van der Waals surface area contributed by atoms with Crippen LogP contribution in [-0.4, -0.2) is 21.8 Å². The van der Waals surface area contributed by atoms with Crippen LogP contribution in [0.15, 0.2) is 73.1 Å². The smallest absolute Gasteiger partial charge is 0.221 e. The molecule has 0 radical (unpaired) electrons. The number of carbonyl (C=O) groups is 1. The Morgan fingerprint density at radius 1 is 1.00 bits per heavy atom. The van der Waals surface area contributed by atoms with E-state index in [1.807, 2.05) is 59.3 Å². The Balaban J connectivity index is 1.51. The zero-order valence-electron chi connectivity index (χ0n) is 16.6. The molecule has 0 aliphatic rings. The Labute approximate surface area is 195 Å². The zero-order chi connectivity index (χ0) is 21.8. The molecule has 0 aliphatic heterocycles. The van der Waals surface area contributed by atoms with E-state index in [9.17, 15) is 4.79 Å². The van der Waals surface area contributed by atoms with Crippen LogP contribution in [0.3, 0.4) is 0 Å². The molecule has 7 heteroatoms. The second kappa shape index (κ2) is 9.73. The van der Waals surface area contributed by atoms with Gasteiger partial charge in [0.05, 0.1) is 10.7 Å². The van der Waals surface area contributed by atoms with E-state index < -0.39 is 0 Å². The Morgan fingerprint density at radius 3 is 2.55 bits per heavy atom. The molecule has 0 saturated carbocycles. The second-order valence-corrected chi connectivity index (χ2v) is 8.54. The van der Waals surface area contributed by atoms with Gasteiger partial charge in [-0.05, 0) is 41.8 Å². The highest BCUT2D eigenvalue weighted by molar-refractivity contribution is 6.35. The first kappa shape index (κ1) is 21.7. The lowest BCUT2D eigenvalue weighted by molar-refractivity contribution is -0.121. The number of carbonyl (C=O) groups excluding carboxylic acids is 1. The van der Waals surface area contributed by atoms with Crippen molar-refractivity contribution in [3.8, 4) is 0 Å². The molecule has 0 spiro atoms. The predicted octanol–water partition coefficient (Wildman–Crippen LogP) is 6.18. The molecule has 4 nitrogen and oxygen atoms in total. The number of halogens is 3. The van der Waals surface area contributed by atoms with Crippen molar-refractivity contribution in [2.45, 2.75) is 18.8 Å². The molecule has 2 aromatic heterocycles. The standard InChI is InChI=1S/C24H20Cl3N3O/c25-18-7-6-17(21(27)12-18)10-11-28-24(31)13-20(16-4-2-1-3-5-16)22-14-29-23-9-8-19(26)15-30(22)23/h1-9,12,14-15,20H,10-11,13H2,(H,28,31). The number of imidazole rings is 1. The van der Waals surface area contributed by atoms with Crippen molar-refractivity contribution in [1.29, 1.82) is 0 Å². The molecule has 0 saturated heterocycles. The normalized spacial score (nSPS) is 12.1. The van der Waals surface area contributed by atoms with E-state index in [0.29, 0.717) is 34.5 Å². The first-order valence-corrected chi connectivity index (χ1v) is 11.0. The lowest BCUT2D eigenvalue weighted by atomic mass is 9.92. The van der Waals surface area contributed by atoms with Crippen LogP contribution >= 0.6 is 34.8 Å². The van der Waals surface area contributed by atoms with Crippen molar-refractivity contribution in [2.75, 3.05) is 6.54 Å². The average molecular weight is 473 g/mol. The maximum Gasteiger partial charge on any atom is 0.221 e. The van der Waals surface area contributed by atoms with Gasteiger partial charge in [0.1, 0.15) is 5.65 Å². The highest BCUT2D eigenvalue weighted by Crippen LogP contribution is 2.29. The maximum absolute atomic E-state index is 12.8. The van der Waals surface area contributed by atoms with E-state index >= 15 is 0 Å². The van der Waals surface area contributed by atoms with Crippen molar-refractivity contribution >= 4 is 46.4 Å². The third-order valence-electron chi connectivity index (χ3n) is 5.18. The lowest BCUT2D eigenvalue weighted by Crippen LogP contribution is -2.27. The lowest BCUT2D eigenvalue weighted by Gasteiger charge is -2.17. The maximum atomic E-state index is 12.8. The summed E-state index contributed by atoms with van der Waals surface area (Å²) in [4.78, 5) is 17.3. The Hall–Kier alpha value is -2.53. The number of hydrogen-bond acceptors (Lipinski definition) is 2. The number of rotatable bonds is 7. The highest BCUT2D eigenvalue weighted by Gasteiger charge is 2.22. The molecule has 31 heavy (non-hydrogen) atoms. The van der Waals surface area contributed by atoms with Gasteiger partial charge in [0, 0.05) is 41.3 Å². The third-order valence-corrected chi connectivity index (χ3v) is 5.99. The van der Waals surface area contributed by atoms with Crippen LogP contribution in [0.4, 0.5) is 0 Å². The largest absolute Gasteiger partial charge is 0.356 e. The minimum absolute atomic E-state index is 0.0454. The van der Waals surface area contributed by atoms with E-state index in [0.717, 1.165) is 22.5 Å². The van der Waals surface area contributed by atoms with Gasteiger partial charge in [-0.15, -0.1) is 0 Å². The van der Waals surface area contributed by atoms with Crippen LogP contribution in [0, 0.1) is 0 Å². The quantitative estimate of drug-likeness (QED) is 0.349. The number of hydrogen-bond donors (Lipinski definition) is 1. The topological polar surface area (TPSA) is 46.4 Å². The summed E-state index contributed by atoms with van der Waals surface area (Å²) in [7, 11) is 0. The molecular formula is C24H20Cl3N3O. The summed E-state index contributed by atoms with van der Waals surface area (Å²) in [5.41, 5.74) is 3.69. The van der Waals surface area contributed by atoms with Crippen molar-refractivity contribution in [1.82, 2.24) is 14.7 Å². The fraction of sp³-hybridized carbons (Fsp3) is 0.167. The highest BCUT2D eigenvalue weighted by atomic mass is 35.5. The summed E-state index contributed by atoms with van der Waals surface area (Å²) < 4.78 is 1.95. The molecular weight excluding hydrogens is 453 g/mol. The fourth-order valence-electron chi connectivity index (χ4n) is 3.63. The van der Waals surface area contributed by atoms with E-state index in [-0.39, 0.29) is 11.8 Å². The van der Waals surface area contributed by atoms with Gasteiger partial charge in [-0.2, -0.15) is 0 Å². The molecule has 0 bridgehead atoms. The molecule has 1 unspecified atom stereocenters. The van der Waals surface area contributed by atoms with Gasteiger partial charge in [-0.25, -0.2) is 4.98 Å².